The summed E-state index contributed by atoms with van der Waals surface area (Å²) >= 11 is 0. The van der Waals surface area contributed by atoms with E-state index in [-0.39, 0.29) is 12.2 Å². The Morgan fingerprint density at radius 2 is 1.69 bits per heavy atom. The molecule has 6 heteroatoms. The summed E-state index contributed by atoms with van der Waals surface area (Å²) < 4.78 is 43.7. The van der Waals surface area contributed by atoms with Gasteiger partial charge in [-0.25, -0.2) is 0 Å². The second-order valence-electron chi connectivity index (χ2n) is 6.23. The Morgan fingerprint density at radius 1 is 1.00 bits per heavy atom. The number of aromatic hydroxyl groups is 1. The molecule has 1 N–H and O–H groups in total. The van der Waals surface area contributed by atoms with Crippen LogP contribution in [0.2, 0.25) is 0 Å². The molecule has 0 saturated carbocycles. The molecule has 0 aliphatic carbocycles. The minimum absolute atomic E-state index is 0.0210. The Balaban J connectivity index is 1.89. The van der Waals surface area contributed by atoms with Crippen LogP contribution in [0.15, 0.2) is 54.6 Å². The fourth-order valence-electron chi connectivity index (χ4n) is 3.38. The normalized spacial score (nSPS) is 17.0. The van der Waals surface area contributed by atoms with E-state index in [0.29, 0.717) is 22.3 Å². The van der Waals surface area contributed by atoms with Crippen molar-refractivity contribution in [2.45, 2.75) is 18.5 Å². The molecule has 0 fully saturated rings. The second kappa shape index (κ2) is 5.76. The van der Waals surface area contributed by atoms with Crippen LogP contribution in [0.1, 0.15) is 29.0 Å². The Labute approximate surface area is 146 Å². The first-order valence-corrected chi connectivity index (χ1v) is 7.96. The van der Waals surface area contributed by atoms with Gasteiger partial charge in [0, 0.05) is 11.5 Å². The quantitative estimate of drug-likeness (QED) is 0.492. The number of hydrogen-bond acceptors (Lipinski definition) is 3. The summed E-state index contributed by atoms with van der Waals surface area (Å²) in [5, 5.41) is 11.4. The van der Waals surface area contributed by atoms with Gasteiger partial charge in [-0.3, -0.25) is 4.79 Å². The van der Waals surface area contributed by atoms with Gasteiger partial charge in [0.2, 0.25) is 0 Å². The van der Waals surface area contributed by atoms with Crippen molar-refractivity contribution in [3.05, 3.63) is 71.3 Å². The van der Waals surface area contributed by atoms with Gasteiger partial charge in [-0.1, -0.05) is 24.3 Å². The lowest BCUT2D eigenvalue weighted by Crippen LogP contribution is -2.21. The molecule has 1 unspecified atom stereocenters. The molecule has 4 rings (SSSR count). The molecule has 0 aromatic heterocycles. The maximum absolute atomic E-state index is 12.8. The number of fused-ring (bicyclic) bond motifs is 3. The van der Waals surface area contributed by atoms with E-state index in [9.17, 15) is 23.1 Å². The Hall–Kier alpha value is -3.02. The fraction of sp³-hybridized carbons (Fsp3) is 0.150. The van der Waals surface area contributed by atoms with E-state index >= 15 is 0 Å². The average molecular weight is 358 g/mol. The molecule has 0 saturated heterocycles. The number of rotatable bonds is 1. The van der Waals surface area contributed by atoms with E-state index in [0.717, 1.165) is 17.5 Å². The van der Waals surface area contributed by atoms with Crippen molar-refractivity contribution >= 4 is 16.7 Å². The number of esters is 1. The van der Waals surface area contributed by atoms with Crippen molar-refractivity contribution in [2.24, 2.45) is 0 Å². The first kappa shape index (κ1) is 16.4. The Morgan fingerprint density at radius 3 is 2.38 bits per heavy atom. The second-order valence-corrected chi connectivity index (χ2v) is 6.23. The lowest BCUT2D eigenvalue weighted by Gasteiger charge is -2.26. The lowest BCUT2D eigenvalue weighted by molar-refractivity contribution is -0.138. The Kier molecular flexibility index (Phi) is 3.64. The van der Waals surface area contributed by atoms with Crippen LogP contribution in [-0.4, -0.2) is 11.1 Å². The zero-order valence-electron chi connectivity index (χ0n) is 13.4. The summed E-state index contributed by atoms with van der Waals surface area (Å²) in [6, 6.07) is 13.1. The predicted octanol–water partition coefficient (Wildman–Crippen LogP) is 5.01. The molecule has 0 amide bonds. The van der Waals surface area contributed by atoms with Gasteiger partial charge in [0.15, 0.2) is 0 Å². The van der Waals surface area contributed by atoms with Crippen molar-refractivity contribution < 1.29 is 27.8 Å². The molecule has 0 radical (unpaired) electrons. The molecule has 3 aromatic carbocycles. The fourth-order valence-corrected chi connectivity index (χ4v) is 3.38. The van der Waals surface area contributed by atoms with Crippen molar-refractivity contribution in [2.75, 3.05) is 0 Å². The van der Waals surface area contributed by atoms with E-state index in [1.807, 2.05) is 0 Å². The molecule has 3 nitrogen and oxygen atoms in total. The number of carbonyl (C=O) groups is 1. The lowest BCUT2D eigenvalue weighted by atomic mass is 9.83. The third-order valence-corrected chi connectivity index (χ3v) is 4.59. The van der Waals surface area contributed by atoms with Gasteiger partial charge in [0.1, 0.15) is 11.5 Å². The minimum atomic E-state index is -4.42. The van der Waals surface area contributed by atoms with Gasteiger partial charge in [-0.15, -0.1) is 0 Å². The smallest absolute Gasteiger partial charge is 0.416 e. The highest BCUT2D eigenvalue weighted by atomic mass is 19.4. The van der Waals surface area contributed by atoms with Crippen LogP contribution in [0, 0.1) is 0 Å². The molecule has 132 valence electrons. The van der Waals surface area contributed by atoms with Gasteiger partial charge >= 0.3 is 12.1 Å². The first-order chi connectivity index (χ1) is 12.3. The summed E-state index contributed by atoms with van der Waals surface area (Å²) in [7, 11) is 0. The van der Waals surface area contributed by atoms with Crippen LogP contribution in [0.25, 0.3) is 10.8 Å². The maximum Gasteiger partial charge on any atom is 0.416 e. The van der Waals surface area contributed by atoms with Gasteiger partial charge in [0.25, 0.3) is 0 Å². The molecule has 1 aliphatic heterocycles. The van der Waals surface area contributed by atoms with Crippen LogP contribution >= 0.6 is 0 Å². The first-order valence-electron chi connectivity index (χ1n) is 7.96. The van der Waals surface area contributed by atoms with Gasteiger partial charge < -0.3 is 9.84 Å². The number of carbonyl (C=O) groups excluding carboxylic acids is 1. The third-order valence-electron chi connectivity index (χ3n) is 4.59. The largest absolute Gasteiger partial charge is 0.508 e. The standard InChI is InChI=1S/C20H13F3O3/c21-20(22,23)13-5-1-11(2-6-13)16-10-18(25)26-17-8-4-12-3-7-14(24)9-15(12)19(16)17/h1-9,16,24H,10H2. The maximum atomic E-state index is 12.8. The van der Waals surface area contributed by atoms with Crippen molar-refractivity contribution in [1.82, 2.24) is 0 Å². The van der Waals surface area contributed by atoms with Crippen molar-refractivity contribution in [3.63, 3.8) is 0 Å². The number of halogens is 3. The van der Waals surface area contributed by atoms with Gasteiger partial charge in [-0.2, -0.15) is 13.2 Å². The van der Waals surface area contributed by atoms with Crippen LogP contribution in [-0.2, 0) is 11.0 Å². The molecule has 1 atom stereocenters. The van der Waals surface area contributed by atoms with Gasteiger partial charge in [0.05, 0.1) is 12.0 Å². The summed E-state index contributed by atoms with van der Waals surface area (Å²) in [5.41, 5.74) is 0.542. The SMILES string of the molecule is O=C1CC(c2ccc(C(F)(F)F)cc2)c2c(ccc3ccc(O)cc23)O1. The molecule has 26 heavy (non-hydrogen) atoms. The molecule has 1 aliphatic rings. The summed E-state index contributed by atoms with van der Waals surface area (Å²) in [5.74, 6) is -0.459. The molecular weight excluding hydrogens is 345 g/mol. The molecule has 0 bridgehead atoms. The molecular formula is C20H13F3O3. The van der Waals surface area contributed by atoms with Crippen LogP contribution in [0.4, 0.5) is 13.2 Å². The summed E-state index contributed by atoms with van der Waals surface area (Å²) in [6.45, 7) is 0. The topological polar surface area (TPSA) is 46.5 Å². The number of benzene rings is 3. The average Bonchev–Trinajstić information content (AvgIpc) is 2.60. The minimum Gasteiger partial charge on any atom is -0.508 e. The highest BCUT2D eigenvalue weighted by Crippen LogP contribution is 2.44. The van der Waals surface area contributed by atoms with E-state index in [4.69, 9.17) is 4.74 Å². The van der Waals surface area contributed by atoms with Crippen LogP contribution in [0.5, 0.6) is 11.5 Å². The molecule has 3 aromatic rings. The Bertz CT molecular complexity index is 1010. The predicted molar refractivity (Wildman–Crippen MR) is 89.2 cm³/mol. The number of hydrogen-bond donors (Lipinski definition) is 1. The van der Waals surface area contributed by atoms with E-state index in [1.165, 1.54) is 12.1 Å². The number of alkyl halides is 3. The molecule has 1 heterocycles. The van der Waals surface area contributed by atoms with Crippen molar-refractivity contribution in [1.29, 1.82) is 0 Å². The van der Waals surface area contributed by atoms with E-state index in [1.54, 1.807) is 30.3 Å². The van der Waals surface area contributed by atoms with Crippen molar-refractivity contribution in [3.8, 4) is 11.5 Å². The molecule has 0 spiro atoms. The summed E-state index contributed by atoms with van der Waals surface area (Å²) in [6.07, 6.45) is -4.40. The van der Waals surface area contributed by atoms with Crippen LogP contribution < -0.4 is 4.74 Å². The monoisotopic (exact) mass is 358 g/mol. The summed E-state index contributed by atoms with van der Waals surface area (Å²) in [4.78, 5) is 12.0. The number of ether oxygens (including phenoxy) is 1. The number of phenols is 1. The van der Waals surface area contributed by atoms with Crippen LogP contribution in [0.3, 0.4) is 0 Å². The van der Waals surface area contributed by atoms with Gasteiger partial charge in [-0.05, 0) is 46.7 Å². The third kappa shape index (κ3) is 2.77. The zero-order valence-corrected chi connectivity index (χ0v) is 13.4. The highest BCUT2D eigenvalue weighted by molar-refractivity contribution is 5.93. The zero-order chi connectivity index (χ0) is 18.5. The van der Waals surface area contributed by atoms with E-state index < -0.39 is 23.6 Å². The number of phenolic OH excluding ortho intramolecular Hbond substituents is 1. The highest BCUT2D eigenvalue weighted by Gasteiger charge is 2.33. The van der Waals surface area contributed by atoms with E-state index in [2.05, 4.69) is 0 Å².